The molecule has 0 N–H and O–H groups in total. The molecule has 0 aliphatic heterocycles. The van der Waals surface area contributed by atoms with E-state index in [1.165, 1.54) is 13.2 Å². The number of rotatable bonds is 4. The molecule has 6 heteroatoms. The summed E-state index contributed by atoms with van der Waals surface area (Å²) in [6.45, 7) is 1.71. The molecule has 1 aliphatic rings. The van der Waals surface area contributed by atoms with Crippen LogP contribution in [0.15, 0.2) is 42.6 Å². The van der Waals surface area contributed by atoms with E-state index in [1.807, 2.05) is 37.5 Å². The molecular formula is C22H23FN2O3. The minimum atomic E-state index is -0.887. The smallest absolute Gasteiger partial charge is 0.316 e. The number of esters is 1. The highest BCUT2D eigenvalue weighted by molar-refractivity contribution is 5.84. The number of aromatic nitrogens is 2. The topological polar surface area (TPSA) is 53.4 Å². The van der Waals surface area contributed by atoms with E-state index in [0.717, 1.165) is 16.7 Å². The summed E-state index contributed by atoms with van der Waals surface area (Å²) in [6, 6.07) is 10.7. The first kappa shape index (κ1) is 18.5. The maximum Gasteiger partial charge on any atom is 0.316 e. The van der Waals surface area contributed by atoms with Crippen LogP contribution in [0, 0.1) is 12.7 Å². The van der Waals surface area contributed by atoms with E-state index in [1.54, 1.807) is 17.7 Å². The van der Waals surface area contributed by atoms with Crippen molar-refractivity contribution in [1.82, 2.24) is 9.78 Å². The van der Waals surface area contributed by atoms with E-state index in [4.69, 9.17) is 9.47 Å². The number of carbonyl (C=O) groups excluding carboxylic acids is 1. The Hall–Kier alpha value is -2.89. The first-order chi connectivity index (χ1) is 13.4. The lowest BCUT2D eigenvalue weighted by molar-refractivity contribution is -0.147. The molecule has 1 saturated carbocycles. The highest BCUT2D eigenvalue weighted by atomic mass is 19.1. The Morgan fingerprint density at radius 2 is 2.14 bits per heavy atom. The average Bonchev–Trinajstić information content (AvgIpc) is 3.28. The molecule has 0 spiro atoms. The summed E-state index contributed by atoms with van der Waals surface area (Å²) >= 11 is 0. The van der Waals surface area contributed by atoms with Gasteiger partial charge in [-0.15, -0.1) is 0 Å². The van der Waals surface area contributed by atoms with Crippen LogP contribution in [0.4, 0.5) is 4.39 Å². The molecule has 3 aromatic rings. The van der Waals surface area contributed by atoms with Crippen LogP contribution in [0.3, 0.4) is 0 Å². The lowest BCUT2D eigenvalue weighted by Gasteiger charge is -2.28. The molecule has 1 fully saturated rings. The molecule has 5 nitrogen and oxygen atoms in total. The highest BCUT2D eigenvalue weighted by Crippen LogP contribution is 2.45. The number of carbonyl (C=O) groups is 1. The van der Waals surface area contributed by atoms with Gasteiger partial charge in [-0.05, 0) is 49.1 Å². The van der Waals surface area contributed by atoms with E-state index in [0.29, 0.717) is 30.4 Å². The van der Waals surface area contributed by atoms with Gasteiger partial charge in [0.15, 0.2) is 0 Å². The Kier molecular flexibility index (Phi) is 4.57. The van der Waals surface area contributed by atoms with Crippen molar-refractivity contribution in [1.29, 1.82) is 0 Å². The summed E-state index contributed by atoms with van der Waals surface area (Å²) in [5, 5.41) is 5.29. The zero-order valence-electron chi connectivity index (χ0n) is 16.2. The summed E-state index contributed by atoms with van der Waals surface area (Å²) in [5.41, 5.74) is 1.27. The van der Waals surface area contributed by atoms with Gasteiger partial charge in [0.05, 0.1) is 24.2 Å². The second kappa shape index (κ2) is 6.93. The van der Waals surface area contributed by atoms with Gasteiger partial charge in [0.1, 0.15) is 17.7 Å². The molecule has 146 valence electrons. The van der Waals surface area contributed by atoms with Crippen molar-refractivity contribution >= 4 is 16.9 Å². The zero-order chi connectivity index (χ0) is 19.9. The van der Waals surface area contributed by atoms with Crippen LogP contribution < -0.4 is 4.74 Å². The van der Waals surface area contributed by atoms with E-state index in [9.17, 15) is 9.18 Å². The Morgan fingerprint density at radius 1 is 1.32 bits per heavy atom. The molecule has 0 bridgehead atoms. The molecule has 1 heterocycles. The number of methoxy groups -OCH3 is 1. The second-order valence-corrected chi connectivity index (χ2v) is 7.46. The van der Waals surface area contributed by atoms with Gasteiger partial charge in [0.2, 0.25) is 0 Å². The van der Waals surface area contributed by atoms with Crippen molar-refractivity contribution in [3.05, 3.63) is 59.5 Å². The van der Waals surface area contributed by atoms with Crippen LogP contribution >= 0.6 is 0 Å². The number of halogens is 1. The van der Waals surface area contributed by atoms with E-state index < -0.39 is 5.41 Å². The fraction of sp³-hybridized carbons (Fsp3) is 0.364. The van der Waals surface area contributed by atoms with Crippen LogP contribution in [-0.2, 0) is 22.0 Å². The number of fused-ring (bicyclic) bond motifs is 1. The SMILES string of the molecule is COC(=O)C1(c2cccc(F)c2C)CCC(Oc2ccc3cnn(C)c3c2)C1. The fourth-order valence-corrected chi connectivity index (χ4v) is 4.35. The Morgan fingerprint density at radius 3 is 2.93 bits per heavy atom. The lowest BCUT2D eigenvalue weighted by Crippen LogP contribution is -2.36. The molecule has 1 aromatic heterocycles. The van der Waals surface area contributed by atoms with Crippen LogP contribution in [-0.4, -0.2) is 29.0 Å². The maximum atomic E-state index is 14.2. The predicted molar refractivity (Wildman–Crippen MR) is 104 cm³/mol. The van der Waals surface area contributed by atoms with Gasteiger partial charge in [-0.25, -0.2) is 4.39 Å². The van der Waals surface area contributed by atoms with Crippen molar-refractivity contribution in [2.45, 2.75) is 37.7 Å². The largest absolute Gasteiger partial charge is 0.490 e. The Balaban J connectivity index is 1.64. The van der Waals surface area contributed by atoms with E-state index in [2.05, 4.69) is 5.10 Å². The Bertz CT molecular complexity index is 1050. The van der Waals surface area contributed by atoms with Crippen LogP contribution in [0.25, 0.3) is 10.9 Å². The molecule has 4 rings (SSSR count). The fourth-order valence-electron chi connectivity index (χ4n) is 4.35. The van der Waals surface area contributed by atoms with Gasteiger partial charge in [-0.3, -0.25) is 9.48 Å². The van der Waals surface area contributed by atoms with Crippen molar-refractivity contribution < 1.29 is 18.7 Å². The third kappa shape index (κ3) is 2.93. The average molecular weight is 382 g/mol. The number of aryl methyl sites for hydroxylation is 1. The monoisotopic (exact) mass is 382 g/mol. The van der Waals surface area contributed by atoms with Gasteiger partial charge in [-0.2, -0.15) is 5.10 Å². The maximum absolute atomic E-state index is 14.2. The van der Waals surface area contributed by atoms with Gasteiger partial charge < -0.3 is 9.47 Å². The Labute approximate surface area is 163 Å². The van der Waals surface area contributed by atoms with Crippen molar-refractivity contribution in [2.75, 3.05) is 7.11 Å². The van der Waals surface area contributed by atoms with Gasteiger partial charge in [0, 0.05) is 24.9 Å². The predicted octanol–water partition coefficient (Wildman–Crippen LogP) is 4.06. The van der Waals surface area contributed by atoms with Crippen LogP contribution in [0.1, 0.15) is 30.4 Å². The first-order valence-electron chi connectivity index (χ1n) is 9.37. The zero-order valence-corrected chi connectivity index (χ0v) is 16.2. The summed E-state index contributed by atoms with van der Waals surface area (Å²) in [5.74, 6) is 0.0823. The first-order valence-corrected chi connectivity index (χ1v) is 9.37. The molecule has 0 radical (unpaired) electrons. The quantitative estimate of drug-likeness (QED) is 0.639. The van der Waals surface area contributed by atoms with Crippen molar-refractivity contribution in [2.24, 2.45) is 7.05 Å². The van der Waals surface area contributed by atoms with Crippen LogP contribution in [0.5, 0.6) is 5.75 Å². The summed E-state index contributed by atoms with van der Waals surface area (Å²) in [4.78, 5) is 12.8. The summed E-state index contributed by atoms with van der Waals surface area (Å²) in [7, 11) is 3.26. The lowest BCUT2D eigenvalue weighted by atomic mass is 9.76. The normalized spacial score (nSPS) is 21.8. The van der Waals surface area contributed by atoms with Gasteiger partial charge in [0.25, 0.3) is 0 Å². The molecule has 0 amide bonds. The molecule has 28 heavy (non-hydrogen) atoms. The van der Waals surface area contributed by atoms with E-state index in [-0.39, 0.29) is 17.9 Å². The van der Waals surface area contributed by atoms with Gasteiger partial charge in [-0.1, -0.05) is 12.1 Å². The molecule has 2 atom stereocenters. The second-order valence-electron chi connectivity index (χ2n) is 7.46. The molecule has 0 saturated heterocycles. The number of hydrogen-bond acceptors (Lipinski definition) is 4. The number of benzene rings is 2. The standard InChI is InChI=1S/C22H23FN2O3/c1-14-18(5-4-6-19(14)23)22(21(26)27-3)10-9-17(12-22)28-16-8-7-15-13-24-25(2)20(15)11-16/h4-8,11,13,17H,9-10,12H2,1-3H3. The minimum Gasteiger partial charge on any atom is -0.490 e. The number of nitrogens with zero attached hydrogens (tertiary/aromatic N) is 2. The third-order valence-electron chi connectivity index (χ3n) is 5.85. The van der Waals surface area contributed by atoms with Gasteiger partial charge >= 0.3 is 5.97 Å². The number of ether oxygens (including phenoxy) is 2. The molecule has 2 unspecified atom stereocenters. The van der Waals surface area contributed by atoms with Crippen molar-refractivity contribution in [3.63, 3.8) is 0 Å². The van der Waals surface area contributed by atoms with Crippen LogP contribution in [0.2, 0.25) is 0 Å². The van der Waals surface area contributed by atoms with E-state index >= 15 is 0 Å². The highest BCUT2D eigenvalue weighted by Gasteiger charge is 2.49. The van der Waals surface area contributed by atoms with Crippen molar-refractivity contribution in [3.8, 4) is 5.75 Å². The number of hydrogen-bond donors (Lipinski definition) is 0. The molecular weight excluding hydrogens is 359 g/mol. The molecule has 2 aromatic carbocycles. The summed E-state index contributed by atoms with van der Waals surface area (Å²) < 4.78 is 27.3. The summed E-state index contributed by atoms with van der Waals surface area (Å²) in [6.07, 6.45) is 3.35. The minimum absolute atomic E-state index is 0.160. The third-order valence-corrected chi connectivity index (χ3v) is 5.85. The molecule has 1 aliphatic carbocycles.